The molecule has 1 rings (SSSR count). The van der Waals surface area contributed by atoms with Gasteiger partial charge in [0.05, 0.1) is 29.3 Å². The number of anilines is 1. The largest absolute Gasteiger partial charge is 0.417 e. The van der Waals surface area contributed by atoms with Crippen LogP contribution in [0.5, 0.6) is 0 Å². The molecule has 1 aromatic carbocycles. The summed E-state index contributed by atoms with van der Waals surface area (Å²) >= 11 is 0. The molecule has 0 radical (unpaired) electrons. The van der Waals surface area contributed by atoms with Crippen molar-refractivity contribution in [2.45, 2.75) is 25.6 Å². The molecule has 0 aliphatic rings. The number of aliphatic hydroxyl groups is 1. The minimum Gasteiger partial charge on any atom is -0.394 e. The second-order valence-electron chi connectivity index (χ2n) is 4.54. The maximum absolute atomic E-state index is 12.6. The van der Waals surface area contributed by atoms with Gasteiger partial charge in [-0.1, -0.05) is 0 Å². The van der Waals surface area contributed by atoms with Gasteiger partial charge in [-0.05, 0) is 32.0 Å². The minimum atomic E-state index is -4.55. The molecule has 2 N–H and O–H groups in total. The van der Waals surface area contributed by atoms with E-state index in [9.17, 15) is 13.2 Å². The number of alkyl halides is 3. The second kappa shape index (κ2) is 4.86. The van der Waals surface area contributed by atoms with Crippen LogP contribution in [0.15, 0.2) is 18.2 Å². The predicted octanol–water partition coefficient (Wildman–Crippen LogP) is 2.76. The summed E-state index contributed by atoms with van der Waals surface area (Å²) in [6.45, 7) is 3.20. The first-order valence-corrected chi connectivity index (χ1v) is 5.20. The molecule has 3 nitrogen and oxygen atoms in total. The van der Waals surface area contributed by atoms with Crippen LogP contribution in [0.2, 0.25) is 0 Å². The van der Waals surface area contributed by atoms with E-state index in [1.807, 2.05) is 0 Å². The van der Waals surface area contributed by atoms with Crippen molar-refractivity contribution in [3.05, 3.63) is 29.3 Å². The lowest BCUT2D eigenvalue weighted by atomic mass is 10.0. The smallest absolute Gasteiger partial charge is 0.394 e. The van der Waals surface area contributed by atoms with Crippen LogP contribution >= 0.6 is 0 Å². The van der Waals surface area contributed by atoms with E-state index in [-0.39, 0.29) is 6.61 Å². The summed E-state index contributed by atoms with van der Waals surface area (Å²) in [5, 5.41) is 20.6. The topological polar surface area (TPSA) is 56.0 Å². The Bertz CT molecular complexity index is 475. The molecule has 0 heterocycles. The first kappa shape index (κ1) is 14.3. The zero-order valence-electron chi connectivity index (χ0n) is 9.97. The van der Waals surface area contributed by atoms with Crippen LogP contribution in [0.25, 0.3) is 0 Å². The Hall–Kier alpha value is -1.74. The average molecular weight is 258 g/mol. The molecule has 98 valence electrons. The molecule has 0 bridgehead atoms. The van der Waals surface area contributed by atoms with E-state index >= 15 is 0 Å². The second-order valence-corrected chi connectivity index (χ2v) is 4.54. The van der Waals surface area contributed by atoms with E-state index in [4.69, 9.17) is 10.4 Å². The van der Waals surface area contributed by atoms with Gasteiger partial charge >= 0.3 is 6.18 Å². The lowest BCUT2D eigenvalue weighted by Gasteiger charge is -2.25. The normalized spacial score (nSPS) is 12.1. The first-order valence-electron chi connectivity index (χ1n) is 5.20. The Morgan fingerprint density at radius 3 is 2.39 bits per heavy atom. The number of nitriles is 1. The number of benzene rings is 1. The molecule has 0 aliphatic heterocycles. The van der Waals surface area contributed by atoms with Crippen molar-refractivity contribution in [1.29, 1.82) is 5.26 Å². The van der Waals surface area contributed by atoms with Crippen LogP contribution in [0.4, 0.5) is 18.9 Å². The van der Waals surface area contributed by atoms with Crippen LogP contribution in [0, 0.1) is 11.3 Å². The minimum absolute atomic E-state index is 0.185. The van der Waals surface area contributed by atoms with Gasteiger partial charge in [-0.2, -0.15) is 18.4 Å². The van der Waals surface area contributed by atoms with Crippen molar-refractivity contribution in [3.63, 3.8) is 0 Å². The van der Waals surface area contributed by atoms with Gasteiger partial charge < -0.3 is 10.4 Å². The summed E-state index contributed by atoms with van der Waals surface area (Å²) in [7, 11) is 0. The number of hydrogen-bond donors (Lipinski definition) is 2. The Morgan fingerprint density at radius 1 is 1.33 bits per heavy atom. The molecule has 0 aliphatic carbocycles. The Labute approximate surface area is 103 Å². The van der Waals surface area contributed by atoms with Gasteiger partial charge in [0.15, 0.2) is 0 Å². The Balaban J connectivity index is 3.12. The molecule has 1 aromatic rings. The van der Waals surface area contributed by atoms with E-state index in [0.717, 1.165) is 12.1 Å². The van der Waals surface area contributed by atoms with Crippen LogP contribution in [-0.2, 0) is 6.18 Å². The summed E-state index contributed by atoms with van der Waals surface area (Å²) in [6.07, 6.45) is -4.55. The van der Waals surface area contributed by atoms with Gasteiger partial charge in [0, 0.05) is 5.69 Å². The highest BCUT2D eigenvalue weighted by Crippen LogP contribution is 2.33. The third-order valence-electron chi connectivity index (χ3n) is 2.32. The molecule has 6 heteroatoms. The fourth-order valence-electron chi connectivity index (χ4n) is 1.39. The molecule has 0 amide bonds. The number of rotatable bonds is 3. The van der Waals surface area contributed by atoms with Gasteiger partial charge in [0.25, 0.3) is 0 Å². The van der Waals surface area contributed by atoms with Crippen molar-refractivity contribution in [2.75, 3.05) is 11.9 Å². The maximum Gasteiger partial charge on any atom is 0.417 e. The first-order chi connectivity index (χ1) is 8.19. The lowest BCUT2D eigenvalue weighted by molar-refractivity contribution is -0.137. The summed E-state index contributed by atoms with van der Waals surface area (Å²) in [5.74, 6) is 0. The fraction of sp³-hybridized carbons (Fsp3) is 0.417. The highest BCUT2D eigenvalue weighted by molar-refractivity contribution is 5.54. The molecule has 0 saturated heterocycles. The predicted molar refractivity (Wildman–Crippen MR) is 60.9 cm³/mol. The number of halogens is 3. The van der Waals surface area contributed by atoms with Crippen LogP contribution in [-0.4, -0.2) is 17.3 Å². The number of aliphatic hydroxyl groups excluding tert-OH is 1. The molecule has 18 heavy (non-hydrogen) atoms. The van der Waals surface area contributed by atoms with Gasteiger partial charge in [0.2, 0.25) is 0 Å². The molecular formula is C12H13F3N2O. The van der Waals surface area contributed by atoms with E-state index in [1.54, 1.807) is 13.8 Å². The van der Waals surface area contributed by atoms with Crippen LogP contribution < -0.4 is 5.32 Å². The van der Waals surface area contributed by atoms with E-state index in [1.165, 1.54) is 12.1 Å². The molecule has 0 aromatic heterocycles. The number of nitrogens with zero attached hydrogens (tertiary/aromatic N) is 1. The third-order valence-corrected chi connectivity index (χ3v) is 2.32. The van der Waals surface area contributed by atoms with Crippen molar-refractivity contribution in [3.8, 4) is 6.07 Å². The highest BCUT2D eigenvalue weighted by atomic mass is 19.4. The van der Waals surface area contributed by atoms with Crippen molar-refractivity contribution >= 4 is 5.69 Å². The molecule has 0 atom stereocenters. The van der Waals surface area contributed by atoms with Crippen LogP contribution in [0.1, 0.15) is 25.0 Å². The Morgan fingerprint density at radius 2 is 1.94 bits per heavy atom. The van der Waals surface area contributed by atoms with Gasteiger partial charge in [0.1, 0.15) is 0 Å². The SMILES string of the molecule is CC(C)(CO)Nc1ccc(C(F)(F)F)c(C#N)c1. The van der Waals surface area contributed by atoms with Gasteiger partial charge in [-0.15, -0.1) is 0 Å². The van der Waals surface area contributed by atoms with Gasteiger partial charge in [-0.3, -0.25) is 0 Å². The molecule has 0 fully saturated rings. The number of hydrogen-bond acceptors (Lipinski definition) is 3. The van der Waals surface area contributed by atoms with E-state index < -0.39 is 22.8 Å². The lowest BCUT2D eigenvalue weighted by Crippen LogP contribution is -2.34. The molecule has 0 saturated carbocycles. The zero-order chi connectivity index (χ0) is 14.0. The summed E-state index contributed by atoms with van der Waals surface area (Å²) < 4.78 is 37.7. The van der Waals surface area contributed by atoms with Crippen molar-refractivity contribution in [1.82, 2.24) is 0 Å². The summed E-state index contributed by atoms with van der Waals surface area (Å²) in [6, 6.07) is 4.74. The maximum atomic E-state index is 12.6. The highest BCUT2D eigenvalue weighted by Gasteiger charge is 2.33. The monoisotopic (exact) mass is 258 g/mol. The Kier molecular flexibility index (Phi) is 3.87. The number of nitrogens with one attached hydrogen (secondary N) is 1. The van der Waals surface area contributed by atoms with Crippen molar-refractivity contribution in [2.24, 2.45) is 0 Å². The summed E-state index contributed by atoms with van der Waals surface area (Å²) in [4.78, 5) is 0. The van der Waals surface area contributed by atoms with E-state index in [0.29, 0.717) is 5.69 Å². The van der Waals surface area contributed by atoms with E-state index in [2.05, 4.69) is 5.32 Å². The molecule has 0 unspecified atom stereocenters. The quantitative estimate of drug-likeness (QED) is 0.876. The third kappa shape index (κ3) is 3.37. The average Bonchev–Trinajstić information content (AvgIpc) is 2.27. The van der Waals surface area contributed by atoms with Gasteiger partial charge in [-0.25, -0.2) is 0 Å². The summed E-state index contributed by atoms with van der Waals surface area (Å²) in [5.41, 5.74) is -1.72. The molecular weight excluding hydrogens is 245 g/mol. The fourth-order valence-corrected chi connectivity index (χ4v) is 1.39. The standard InChI is InChI=1S/C12H13F3N2O/c1-11(2,7-18)17-9-3-4-10(12(13,14)15)8(5-9)6-16/h3-5,17-18H,7H2,1-2H3. The zero-order valence-corrected chi connectivity index (χ0v) is 9.97. The van der Waals surface area contributed by atoms with Crippen LogP contribution in [0.3, 0.4) is 0 Å². The molecule has 0 spiro atoms. The van der Waals surface area contributed by atoms with Crippen molar-refractivity contribution < 1.29 is 18.3 Å².